The molecule has 1 spiro atoms. The summed E-state index contributed by atoms with van der Waals surface area (Å²) in [5.74, 6) is 0.218. The molecule has 2 saturated heterocycles. The van der Waals surface area contributed by atoms with Gasteiger partial charge in [-0.15, -0.1) is 11.3 Å². The molecule has 0 aliphatic carbocycles. The molecule has 2 aliphatic rings. The maximum atomic E-state index is 12.0. The van der Waals surface area contributed by atoms with Gasteiger partial charge in [0.2, 0.25) is 5.91 Å². The Hall–Kier alpha value is -0.910. The van der Waals surface area contributed by atoms with Crippen LogP contribution in [0.1, 0.15) is 17.7 Å². The van der Waals surface area contributed by atoms with Crippen molar-refractivity contribution in [2.75, 3.05) is 33.4 Å². The summed E-state index contributed by atoms with van der Waals surface area (Å²) in [5.41, 5.74) is 0.124. The van der Waals surface area contributed by atoms with E-state index < -0.39 is 0 Å². The van der Waals surface area contributed by atoms with Crippen molar-refractivity contribution in [3.63, 3.8) is 0 Å². The predicted molar refractivity (Wildman–Crippen MR) is 79.6 cm³/mol. The molecule has 3 heterocycles. The number of ether oxygens (including phenoxy) is 1. The lowest BCUT2D eigenvalue weighted by Crippen LogP contribution is -2.45. The molecule has 1 atom stereocenters. The third-order valence-corrected chi connectivity index (χ3v) is 5.68. The molecule has 1 unspecified atom stereocenters. The Morgan fingerprint density at radius 1 is 1.50 bits per heavy atom. The minimum Gasteiger partial charge on any atom is -0.384 e. The van der Waals surface area contributed by atoms with Gasteiger partial charge in [-0.2, -0.15) is 0 Å². The van der Waals surface area contributed by atoms with E-state index in [1.165, 1.54) is 4.88 Å². The fourth-order valence-electron chi connectivity index (χ4n) is 3.51. The van der Waals surface area contributed by atoms with Crippen LogP contribution in [0.2, 0.25) is 0 Å². The maximum Gasteiger partial charge on any atom is 0.226 e. The molecule has 0 saturated carbocycles. The zero-order valence-corrected chi connectivity index (χ0v) is 12.7. The molecule has 0 radical (unpaired) electrons. The van der Waals surface area contributed by atoms with Crippen LogP contribution in [0.5, 0.6) is 0 Å². The van der Waals surface area contributed by atoms with Crippen LogP contribution in [0.25, 0.3) is 0 Å². The van der Waals surface area contributed by atoms with Gasteiger partial charge in [0.25, 0.3) is 0 Å². The highest BCUT2D eigenvalue weighted by Crippen LogP contribution is 2.42. The van der Waals surface area contributed by atoms with E-state index in [1.54, 1.807) is 7.11 Å². The number of hydrogen-bond donors (Lipinski definition) is 1. The van der Waals surface area contributed by atoms with Gasteiger partial charge in [-0.25, -0.2) is 0 Å². The summed E-state index contributed by atoms with van der Waals surface area (Å²) in [4.78, 5) is 15.9. The minimum absolute atomic E-state index is 0.0383. The normalized spacial score (nSPS) is 26.1. The summed E-state index contributed by atoms with van der Waals surface area (Å²) in [7, 11) is 1.69. The molecule has 1 aromatic heterocycles. The summed E-state index contributed by atoms with van der Waals surface area (Å²) in [6.07, 6.45) is 2.18. The quantitative estimate of drug-likeness (QED) is 0.919. The smallest absolute Gasteiger partial charge is 0.226 e. The van der Waals surface area contributed by atoms with Crippen molar-refractivity contribution in [3.8, 4) is 0 Å². The molecule has 20 heavy (non-hydrogen) atoms. The SMILES string of the molecule is COCC1C(=O)NCC12CCN(Cc1cccs1)CC2. The highest BCUT2D eigenvalue weighted by Gasteiger charge is 2.49. The Labute approximate surface area is 124 Å². The van der Waals surface area contributed by atoms with Gasteiger partial charge >= 0.3 is 0 Å². The molecule has 0 bridgehead atoms. The lowest BCUT2D eigenvalue weighted by molar-refractivity contribution is -0.126. The van der Waals surface area contributed by atoms with Gasteiger partial charge in [0.1, 0.15) is 0 Å². The van der Waals surface area contributed by atoms with Crippen molar-refractivity contribution < 1.29 is 9.53 Å². The molecule has 5 heteroatoms. The van der Waals surface area contributed by atoms with Crippen LogP contribution in [0.15, 0.2) is 17.5 Å². The van der Waals surface area contributed by atoms with Crippen LogP contribution < -0.4 is 5.32 Å². The summed E-state index contributed by atoms with van der Waals surface area (Å²) >= 11 is 1.82. The van der Waals surface area contributed by atoms with Gasteiger partial charge in [0.05, 0.1) is 12.5 Å². The maximum absolute atomic E-state index is 12.0. The minimum atomic E-state index is 0.0383. The van der Waals surface area contributed by atoms with E-state index >= 15 is 0 Å². The third kappa shape index (κ3) is 2.62. The lowest BCUT2D eigenvalue weighted by Gasteiger charge is -2.41. The first-order valence-corrected chi connectivity index (χ1v) is 8.13. The number of methoxy groups -OCH3 is 1. The molecule has 1 aromatic rings. The van der Waals surface area contributed by atoms with E-state index in [0.29, 0.717) is 6.61 Å². The Morgan fingerprint density at radius 3 is 2.95 bits per heavy atom. The van der Waals surface area contributed by atoms with E-state index in [1.807, 2.05) is 11.3 Å². The molecular weight excluding hydrogens is 272 g/mol. The fraction of sp³-hybridized carbons (Fsp3) is 0.667. The number of hydrogen-bond acceptors (Lipinski definition) is 4. The number of carbonyl (C=O) groups excluding carboxylic acids is 1. The van der Waals surface area contributed by atoms with Gasteiger partial charge in [-0.05, 0) is 37.4 Å². The highest BCUT2D eigenvalue weighted by atomic mass is 32.1. The third-order valence-electron chi connectivity index (χ3n) is 4.82. The van der Waals surface area contributed by atoms with Gasteiger partial charge in [-0.3, -0.25) is 9.69 Å². The summed E-state index contributed by atoms with van der Waals surface area (Å²) in [6.45, 7) is 4.58. The van der Waals surface area contributed by atoms with Crippen molar-refractivity contribution in [2.24, 2.45) is 11.3 Å². The van der Waals surface area contributed by atoms with Crippen LogP contribution in [-0.2, 0) is 16.1 Å². The number of likely N-dealkylation sites (tertiary alicyclic amines) is 1. The molecule has 0 aromatic carbocycles. The number of piperidine rings is 1. The number of carbonyl (C=O) groups is 1. The first-order chi connectivity index (χ1) is 9.73. The molecule has 2 fully saturated rings. The molecular formula is C15H22N2O2S. The topological polar surface area (TPSA) is 41.6 Å². The average molecular weight is 294 g/mol. The van der Waals surface area contributed by atoms with E-state index in [0.717, 1.165) is 39.0 Å². The molecule has 2 aliphatic heterocycles. The summed E-state index contributed by atoms with van der Waals surface area (Å²) in [5, 5.41) is 5.17. The van der Waals surface area contributed by atoms with E-state index in [2.05, 4.69) is 27.7 Å². The Kier molecular flexibility index (Phi) is 4.10. The second-order valence-corrected chi connectivity index (χ2v) is 6.98. The summed E-state index contributed by atoms with van der Waals surface area (Å²) in [6, 6.07) is 4.31. The number of nitrogens with one attached hydrogen (secondary N) is 1. The predicted octanol–water partition coefficient (Wildman–Crippen LogP) is 1.72. The van der Waals surface area contributed by atoms with Gasteiger partial charge in [-0.1, -0.05) is 6.07 Å². The van der Waals surface area contributed by atoms with Crippen molar-refractivity contribution in [2.45, 2.75) is 19.4 Å². The Morgan fingerprint density at radius 2 is 2.30 bits per heavy atom. The number of thiophene rings is 1. The van der Waals surface area contributed by atoms with Gasteiger partial charge < -0.3 is 10.1 Å². The van der Waals surface area contributed by atoms with Crippen molar-refractivity contribution >= 4 is 17.2 Å². The number of nitrogens with zero attached hydrogens (tertiary/aromatic N) is 1. The van der Waals surface area contributed by atoms with Crippen LogP contribution >= 0.6 is 11.3 Å². The second-order valence-electron chi connectivity index (χ2n) is 5.94. The standard InChI is InChI=1S/C15H22N2O2S/c1-19-10-13-14(18)16-11-15(13)4-6-17(7-5-15)9-12-3-2-8-20-12/h2-3,8,13H,4-7,9-11H2,1H3,(H,16,18). The monoisotopic (exact) mass is 294 g/mol. The molecule has 110 valence electrons. The Balaban J connectivity index is 1.61. The van der Waals surface area contributed by atoms with Gasteiger partial charge in [0.15, 0.2) is 0 Å². The molecule has 1 amide bonds. The van der Waals surface area contributed by atoms with Crippen molar-refractivity contribution in [3.05, 3.63) is 22.4 Å². The zero-order chi connectivity index (χ0) is 14.0. The number of rotatable bonds is 4. The lowest BCUT2D eigenvalue weighted by atomic mass is 9.71. The fourth-order valence-corrected chi connectivity index (χ4v) is 4.26. The number of amides is 1. The van der Waals surface area contributed by atoms with Crippen LogP contribution in [0.4, 0.5) is 0 Å². The summed E-state index contributed by atoms with van der Waals surface area (Å²) < 4.78 is 5.26. The Bertz CT molecular complexity index is 452. The van der Waals surface area contributed by atoms with E-state index in [4.69, 9.17) is 4.74 Å². The molecule has 4 nitrogen and oxygen atoms in total. The zero-order valence-electron chi connectivity index (χ0n) is 11.9. The van der Waals surface area contributed by atoms with E-state index in [-0.39, 0.29) is 17.2 Å². The second kappa shape index (κ2) is 5.84. The first kappa shape index (κ1) is 14.0. The van der Waals surface area contributed by atoms with Crippen molar-refractivity contribution in [1.29, 1.82) is 0 Å². The van der Waals surface area contributed by atoms with Gasteiger partial charge in [0, 0.05) is 30.5 Å². The highest BCUT2D eigenvalue weighted by molar-refractivity contribution is 7.09. The van der Waals surface area contributed by atoms with E-state index in [9.17, 15) is 4.79 Å². The average Bonchev–Trinajstić information content (AvgIpc) is 3.06. The first-order valence-electron chi connectivity index (χ1n) is 7.25. The largest absolute Gasteiger partial charge is 0.384 e. The van der Waals surface area contributed by atoms with Crippen LogP contribution in [-0.4, -0.2) is 44.2 Å². The van der Waals surface area contributed by atoms with Crippen LogP contribution in [0.3, 0.4) is 0 Å². The molecule has 1 N–H and O–H groups in total. The molecule has 3 rings (SSSR count). The van der Waals surface area contributed by atoms with Crippen molar-refractivity contribution in [1.82, 2.24) is 10.2 Å². The van der Waals surface area contributed by atoms with Crippen LogP contribution in [0, 0.1) is 11.3 Å².